The number of hydrogen-bond donors (Lipinski definition) is 2. The molecule has 16 heteroatoms. The van der Waals surface area contributed by atoms with Crippen LogP contribution in [0.15, 0.2) is 73.3 Å². The molecule has 0 saturated carbocycles. The Hall–Kier alpha value is -5.74. The average Bonchev–Trinajstić information content (AvgIpc) is 3.89. The van der Waals surface area contributed by atoms with Crippen molar-refractivity contribution in [3.05, 3.63) is 89.5 Å². The number of urea groups is 1. The number of fused-ring (bicyclic) bond motifs is 1. The van der Waals surface area contributed by atoms with Crippen LogP contribution in [-0.4, -0.2) is 112 Å². The summed E-state index contributed by atoms with van der Waals surface area (Å²) in [5.74, 6) is -0.0861. The summed E-state index contributed by atoms with van der Waals surface area (Å²) in [6.07, 6.45) is 11.0. The number of nitrogens with one attached hydrogen (secondary N) is 2. The van der Waals surface area contributed by atoms with E-state index in [-0.39, 0.29) is 36.1 Å². The Labute approximate surface area is 353 Å². The number of anilines is 2. The Morgan fingerprint density at radius 1 is 1.00 bits per heavy atom. The number of hydrogen-bond acceptors (Lipinski definition) is 10. The highest BCUT2D eigenvalue weighted by Gasteiger charge is 2.45. The maximum Gasteiger partial charge on any atom is 0.328 e. The third kappa shape index (κ3) is 8.89. The molecule has 312 valence electrons. The molecule has 60 heavy (non-hydrogen) atoms. The van der Waals surface area contributed by atoms with E-state index >= 15 is 0 Å². The summed E-state index contributed by atoms with van der Waals surface area (Å²) < 4.78 is 12.0. The second-order valence-corrected chi connectivity index (χ2v) is 16.4. The van der Waals surface area contributed by atoms with Crippen molar-refractivity contribution in [2.75, 3.05) is 63.3 Å². The second-order valence-electron chi connectivity index (χ2n) is 16.0. The first-order chi connectivity index (χ1) is 29.0. The van der Waals surface area contributed by atoms with Gasteiger partial charge in [-0.1, -0.05) is 17.7 Å². The zero-order valence-electron chi connectivity index (χ0n) is 33.9. The van der Waals surface area contributed by atoms with Gasteiger partial charge in [0.05, 0.1) is 46.5 Å². The van der Waals surface area contributed by atoms with Crippen molar-refractivity contribution >= 4 is 57.8 Å². The van der Waals surface area contributed by atoms with Gasteiger partial charge >= 0.3 is 6.03 Å². The Bertz CT molecular complexity index is 2420. The molecule has 1 unspecified atom stereocenters. The number of halogens is 1. The predicted molar refractivity (Wildman–Crippen MR) is 228 cm³/mol. The van der Waals surface area contributed by atoms with Crippen LogP contribution in [0.4, 0.5) is 16.3 Å². The molecule has 2 N–H and O–H groups in total. The monoisotopic (exact) mass is 833 g/mol. The first-order valence-electron chi connectivity index (χ1n) is 20.1. The Morgan fingerprint density at radius 2 is 1.82 bits per heavy atom. The van der Waals surface area contributed by atoms with Crippen LogP contribution < -0.4 is 15.5 Å². The summed E-state index contributed by atoms with van der Waals surface area (Å²) in [5, 5.41) is 6.37. The van der Waals surface area contributed by atoms with Gasteiger partial charge in [-0.15, -0.1) is 0 Å². The van der Waals surface area contributed by atoms with Crippen molar-refractivity contribution in [3.8, 4) is 22.5 Å². The summed E-state index contributed by atoms with van der Waals surface area (Å²) >= 11 is 6.40. The maximum absolute atomic E-state index is 13.5. The van der Waals surface area contributed by atoms with E-state index in [0.29, 0.717) is 41.3 Å². The molecule has 1 aromatic carbocycles. The van der Waals surface area contributed by atoms with E-state index in [1.165, 1.54) is 11.8 Å². The number of aryl methyl sites for hydroxylation is 1. The maximum atomic E-state index is 13.5. The lowest BCUT2D eigenvalue weighted by atomic mass is 9.72. The van der Waals surface area contributed by atoms with Gasteiger partial charge in [0, 0.05) is 114 Å². The Balaban J connectivity index is 0.000000648. The number of likely N-dealkylation sites (tertiary alicyclic amines) is 2. The smallest absolute Gasteiger partial charge is 0.328 e. The lowest BCUT2D eigenvalue weighted by Gasteiger charge is -2.54. The van der Waals surface area contributed by atoms with Crippen LogP contribution in [0.1, 0.15) is 48.5 Å². The zero-order chi connectivity index (χ0) is 42.0. The minimum Gasteiger partial charge on any atom is -0.379 e. The first-order valence-corrected chi connectivity index (χ1v) is 20.5. The second kappa shape index (κ2) is 17.5. The first kappa shape index (κ1) is 41.0. The quantitative estimate of drug-likeness (QED) is 0.192. The van der Waals surface area contributed by atoms with Gasteiger partial charge in [0.1, 0.15) is 5.82 Å². The molecule has 4 fully saturated rings. The largest absolute Gasteiger partial charge is 0.379 e. The fourth-order valence-electron chi connectivity index (χ4n) is 8.46. The minimum absolute atomic E-state index is 0.0829. The summed E-state index contributed by atoms with van der Waals surface area (Å²) in [7, 11) is 3.68. The number of piperidine rings is 1. The SMILES string of the molecule is CC(=O)Nc1cc2c(-c3cc(-c4ccc(CN5CC6(CCN(C(=O)c7ccc(Cl)c(N8CCC(=O)NC8=O)c7)CC6)C5)cn4)ccn3)cn(C)c2cn1.COC1CCOC1. The molecule has 5 amide bonds. The number of aromatic nitrogens is 4. The predicted octanol–water partition coefficient (Wildman–Crippen LogP) is 5.92. The van der Waals surface area contributed by atoms with Crippen LogP contribution in [0, 0.1) is 5.41 Å². The number of nitrogens with zero attached hydrogens (tertiary/aromatic N) is 7. The van der Waals surface area contributed by atoms with Gasteiger partial charge < -0.3 is 24.3 Å². The van der Waals surface area contributed by atoms with Gasteiger partial charge in [0.25, 0.3) is 5.91 Å². The van der Waals surface area contributed by atoms with Crippen LogP contribution in [-0.2, 0) is 32.7 Å². The van der Waals surface area contributed by atoms with Crippen molar-refractivity contribution in [1.29, 1.82) is 0 Å². The van der Waals surface area contributed by atoms with E-state index in [2.05, 4.69) is 37.6 Å². The van der Waals surface area contributed by atoms with Gasteiger partial charge in [-0.25, -0.2) is 9.78 Å². The topological polar surface area (TPSA) is 164 Å². The van der Waals surface area contributed by atoms with Crippen molar-refractivity contribution in [2.45, 2.75) is 45.3 Å². The third-order valence-corrected chi connectivity index (χ3v) is 12.1. The molecular formula is C44H48ClN9O6. The number of carbonyl (C=O) groups is 4. The van der Waals surface area contributed by atoms with Crippen LogP contribution in [0.2, 0.25) is 5.02 Å². The van der Waals surface area contributed by atoms with Gasteiger partial charge in [-0.2, -0.15) is 0 Å². The molecule has 0 bridgehead atoms. The van der Waals surface area contributed by atoms with Crippen LogP contribution in [0.5, 0.6) is 0 Å². The van der Waals surface area contributed by atoms with Crippen molar-refractivity contribution in [1.82, 2.24) is 34.6 Å². The minimum atomic E-state index is -0.534. The van der Waals surface area contributed by atoms with Crippen LogP contribution in [0.25, 0.3) is 33.4 Å². The van der Waals surface area contributed by atoms with Gasteiger partial charge in [0.2, 0.25) is 11.8 Å². The molecule has 9 rings (SSSR count). The molecule has 8 heterocycles. The molecule has 15 nitrogen and oxygen atoms in total. The molecule has 0 aliphatic carbocycles. The number of rotatable bonds is 8. The highest BCUT2D eigenvalue weighted by atomic mass is 35.5. The summed E-state index contributed by atoms with van der Waals surface area (Å²) in [6.45, 7) is 7.43. The number of methoxy groups -OCH3 is 1. The number of pyridine rings is 3. The molecule has 4 aromatic heterocycles. The number of imide groups is 1. The molecule has 0 radical (unpaired) electrons. The van der Waals surface area contributed by atoms with E-state index in [4.69, 9.17) is 26.1 Å². The van der Waals surface area contributed by atoms with E-state index in [9.17, 15) is 19.2 Å². The summed E-state index contributed by atoms with van der Waals surface area (Å²) in [6, 6.07) is 14.5. The highest BCUT2D eigenvalue weighted by Crippen LogP contribution is 2.42. The van der Waals surface area contributed by atoms with Crippen molar-refractivity contribution in [2.24, 2.45) is 12.5 Å². The highest BCUT2D eigenvalue weighted by molar-refractivity contribution is 6.34. The van der Waals surface area contributed by atoms with Gasteiger partial charge in [-0.05, 0) is 72.7 Å². The summed E-state index contributed by atoms with van der Waals surface area (Å²) in [4.78, 5) is 68.7. The van der Waals surface area contributed by atoms with Crippen LogP contribution in [0.3, 0.4) is 0 Å². The standard InChI is InChI=1S/C39H38ClN9O4.C5H10O2/c1-24(50)44-35-17-28-29(21-46(2)34(28)19-43-35)32-15-26(7-11-41-32)31-6-3-25(18-42-31)20-47-22-39(23-47)9-13-48(14-10-39)37(52)27-4-5-30(40)33(16-27)49-12-8-36(51)45-38(49)53;1-6-5-2-3-7-4-5/h3-7,11,15-19,21H,8-10,12-14,20,22-23H2,1-2H3,(H,43,44,50)(H,45,51,53);5H,2-4H2,1H3. The number of benzene rings is 1. The van der Waals surface area contributed by atoms with Gasteiger partial charge in [-0.3, -0.25) is 39.5 Å². The molecule has 4 aliphatic heterocycles. The number of carbonyl (C=O) groups excluding carboxylic acids is 4. The van der Waals surface area contributed by atoms with Crippen molar-refractivity contribution < 1.29 is 28.7 Å². The van der Waals surface area contributed by atoms with Gasteiger partial charge in [0.15, 0.2) is 0 Å². The molecule has 1 spiro atoms. The zero-order valence-corrected chi connectivity index (χ0v) is 34.7. The fraction of sp³-hybridized carbons (Fsp3) is 0.386. The third-order valence-electron chi connectivity index (χ3n) is 11.7. The molecular weight excluding hydrogens is 786 g/mol. The molecule has 1 atom stereocenters. The normalized spacial score (nSPS) is 18.8. The molecule has 4 aliphatic rings. The van der Waals surface area contributed by atoms with E-state index in [0.717, 1.165) is 91.1 Å². The van der Waals surface area contributed by atoms with Crippen molar-refractivity contribution in [3.63, 3.8) is 0 Å². The van der Waals surface area contributed by atoms with E-state index in [1.54, 1.807) is 37.7 Å². The van der Waals surface area contributed by atoms with E-state index < -0.39 is 6.03 Å². The lowest BCUT2D eigenvalue weighted by molar-refractivity contribution is -0.120. The molecule has 4 saturated heterocycles. The Kier molecular flexibility index (Phi) is 11.9. The summed E-state index contributed by atoms with van der Waals surface area (Å²) in [5.41, 5.74) is 6.75. The van der Waals surface area contributed by atoms with E-state index in [1.807, 2.05) is 47.1 Å². The van der Waals surface area contributed by atoms with Crippen LogP contribution >= 0.6 is 11.6 Å². The fourth-order valence-corrected chi connectivity index (χ4v) is 8.68. The lowest BCUT2D eigenvalue weighted by Crippen LogP contribution is -2.60. The molecule has 5 aromatic rings. The average molecular weight is 834 g/mol. The Morgan fingerprint density at radius 3 is 2.50 bits per heavy atom. The number of amides is 5. The number of ether oxygens (including phenoxy) is 2.